The van der Waals surface area contributed by atoms with Crippen LogP contribution in [0.15, 0.2) is 49.1 Å². The molecule has 3 aromatic rings. The maximum atomic E-state index is 12.8. The van der Waals surface area contributed by atoms with Crippen molar-refractivity contribution in [2.75, 3.05) is 36.4 Å². The average Bonchev–Trinajstić information content (AvgIpc) is 2.77. The molecule has 0 saturated carbocycles. The van der Waals surface area contributed by atoms with Gasteiger partial charge in [0.2, 0.25) is 5.95 Å². The Morgan fingerprint density at radius 2 is 1.62 bits per heavy atom. The third-order valence-corrected chi connectivity index (χ3v) is 5.10. The number of rotatable bonds is 4. The van der Waals surface area contributed by atoms with Crippen molar-refractivity contribution in [2.45, 2.75) is 13.8 Å². The van der Waals surface area contributed by atoms with Crippen molar-refractivity contribution in [1.82, 2.24) is 24.8 Å². The highest BCUT2D eigenvalue weighted by molar-refractivity contribution is 5.93. The predicted molar refractivity (Wildman–Crippen MR) is 111 cm³/mol. The quantitative estimate of drug-likeness (QED) is 0.734. The molecule has 0 bridgehead atoms. The van der Waals surface area contributed by atoms with Gasteiger partial charge in [0.25, 0.3) is 5.91 Å². The fraction of sp³-hybridized carbons (Fsp3) is 0.286. The van der Waals surface area contributed by atoms with Crippen molar-refractivity contribution in [2.24, 2.45) is 0 Å². The highest BCUT2D eigenvalue weighted by Crippen LogP contribution is 2.20. The topological polar surface area (TPSA) is 87.1 Å². The first-order chi connectivity index (χ1) is 14.1. The number of nitrogens with one attached hydrogen (secondary N) is 1. The van der Waals surface area contributed by atoms with E-state index in [0.29, 0.717) is 24.6 Å². The molecule has 0 unspecified atom stereocenters. The fourth-order valence-electron chi connectivity index (χ4n) is 3.30. The number of aromatic nitrogens is 4. The van der Waals surface area contributed by atoms with Crippen LogP contribution in [0.2, 0.25) is 0 Å². The molecule has 2 aromatic heterocycles. The minimum Gasteiger partial charge on any atom is -0.353 e. The van der Waals surface area contributed by atoms with Gasteiger partial charge in [-0.1, -0.05) is 18.2 Å². The van der Waals surface area contributed by atoms with Gasteiger partial charge in [-0.25, -0.2) is 19.9 Å². The number of hydrogen-bond donors (Lipinski definition) is 1. The summed E-state index contributed by atoms with van der Waals surface area (Å²) in [5.74, 6) is 1.36. The number of hydrogen-bond acceptors (Lipinski definition) is 7. The second-order valence-electron chi connectivity index (χ2n) is 6.97. The predicted octanol–water partition coefficient (Wildman–Crippen LogP) is 2.59. The van der Waals surface area contributed by atoms with Crippen LogP contribution >= 0.6 is 0 Å². The SMILES string of the molecule is Cc1ncnc(N2CCN(C(=O)c3cnc(Nc4ccccc4)nc3)CC2)c1C. The van der Waals surface area contributed by atoms with E-state index in [1.165, 1.54) is 0 Å². The summed E-state index contributed by atoms with van der Waals surface area (Å²) in [6.45, 7) is 6.74. The number of anilines is 3. The van der Waals surface area contributed by atoms with Crippen molar-refractivity contribution >= 4 is 23.4 Å². The number of aryl methyl sites for hydroxylation is 1. The van der Waals surface area contributed by atoms with Crippen LogP contribution in [0.1, 0.15) is 21.6 Å². The molecule has 148 valence electrons. The van der Waals surface area contributed by atoms with Crippen LogP contribution in [0.4, 0.5) is 17.5 Å². The Hall–Kier alpha value is -3.55. The zero-order valence-corrected chi connectivity index (χ0v) is 16.5. The number of para-hydroxylation sites is 1. The van der Waals surface area contributed by atoms with Crippen molar-refractivity contribution in [3.8, 4) is 0 Å². The van der Waals surface area contributed by atoms with Gasteiger partial charge < -0.3 is 15.1 Å². The molecule has 0 spiro atoms. The Bertz CT molecular complexity index is 984. The second-order valence-corrected chi connectivity index (χ2v) is 6.97. The normalized spacial score (nSPS) is 14.0. The zero-order valence-electron chi connectivity index (χ0n) is 16.5. The average molecular weight is 389 g/mol. The lowest BCUT2D eigenvalue weighted by Gasteiger charge is -2.36. The molecular weight excluding hydrogens is 366 g/mol. The lowest BCUT2D eigenvalue weighted by atomic mass is 10.2. The Labute approximate surface area is 169 Å². The zero-order chi connectivity index (χ0) is 20.2. The molecule has 8 heteroatoms. The maximum absolute atomic E-state index is 12.8. The highest BCUT2D eigenvalue weighted by Gasteiger charge is 2.24. The standard InChI is InChI=1S/C21H23N7O/c1-15-16(2)24-14-25-19(15)27-8-10-28(11-9-27)20(29)17-12-22-21(23-13-17)26-18-6-4-3-5-7-18/h3-7,12-14H,8-11H2,1-2H3,(H,22,23,26). The number of benzene rings is 1. The molecule has 1 fully saturated rings. The van der Waals surface area contributed by atoms with Gasteiger partial charge in [0.15, 0.2) is 0 Å². The van der Waals surface area contributed by atoms with E-state index in [1.807, 2.05) is 49.1 Å². The Morgan fingerprint density at radius 1 is 0.931 bits per heavy atom. The third kappa shape index (κ3) is 4.16. The summed E-state index contributed by atoms with van der Waals surface area (Å²) in [5.41, 5.74) is 3.46. The van der Waals surface area contributed by atoms with E-state index in [0.717, 1.165) is 35.9 Å². The molecule has 1 aliphatic heterocycles. The van der Waals surface area contributed by atoms with Crippen LogP contribution in [0.5, 0.6) is 0 Å². The molecular formula is C21H23N7O. The molecule has 0 atom stereocenters. The summed E-state index contributed by atoms with van der Waals surface area (Å²) in [6, 6.07) is 9.68. The van der Waals surface area contributed by atoms with Gasteiger partial charge in [-0.3, -0.25) is 4.79 Å². The van der Waals surface area contributed by atoms with Gasteiger partial charge >= 0.3 is 0 Å². The van der Waals surface area contributed by atoms with Crippen LogP contribution < -0.4 is 10.2 Å². The van der Waals surface area contributed by atoms with Crippen molar-refractivity contribution in [3.05, 3.63) is 65.9 Å². The first-order valence-corrected chi connectivity index (χ1v) is 9.58. The minimum atomic E-state index is -0.0495. The fourth-order valence-corrected chi connectivity index (χ4v) is 3.30. The number of carbonyl (C=O) groups excluding carboxylic acids is 1. The molecule has 1 N–H and O–H groups in total. The molecule has 1 aromatic carbocycles. The third-order valence-electron chi connectivity index (χ3n) is 5.10. The number of nitrogens with zero attached hydrogens (tertiary/aromatic N) is 6. The summed E-state index contributed by atoms with van der Waals surface area (Å²) in [7, 11) is 0. The number of amides is 1. The van der Waals surface area contributed by atoms with Gasteiger partial charge in [0.05, 0.1) is 5.56 Å². The van der Waals surface area contributed by atoms with Crippen LogP contribution in [0, 0.1) is 13.8 Å². The largest absolute Gasteiger partial charge is 0.353 e. The summed E-state index contributed by atoms with van der Waals surface area (Å²) in [6.07, 6.45) is 4.74. The van der Waals surface area contributed by atoms with E-state index in [-0.39, 0.29) is 5.91 Å². The molecule has 4 rings (SSSR count). The van der Waals surface area contributed by atoms with E-state index in [4.69, 9.17) is 0 Å². The van der Waals surface area contributed by atoms with Gasteiger partial charge in [-0.2, -0.15) is 0 Å². The van der Waals surface area contributed by atoms with Crippen LogP contribution in [0.25, 0.3) is 0 Å². The van der Waals surface area contributed by atoms with E-state index >= 15 is 0 Å². The van der Waals surface area contributed by atoms with E-state index in [1.54, 1.807) is 18.7 Å². The highest BCUT2D eigenvalue weighted by atomic mass is 16.2. The lowest BCUT2D eigenvalue weighted by Crippen LogP contribution is -2.49. The Balaban J connectivity index is 1.37. The molecule has 1 amide bonds. The van der Waals surface area contributed by atoms with Crippen LogP contribution in [-0.4, -0.2) is 56.9 Å². The van der Waals surface area contributed by atoms with Gasteiger partial charge in [-0.15, -0.1) is 0 Å². The molecule has 1 saturated heterocycles. The summed E-state index contributed by atoms with van der Waals surface area (Å²) in [5, 5.41) is 3.12. The van der Waals surface area contributed by atoms with E-state index in [2.05, 4.69) is 30.2 Å². The lowest BCUT2D eigenvalue weighted by molar-refractivity contribution is 0.0745. The van der Waals surface area contributed by atoms with Crippen molar-refractivity contribution in [3.63, 3.8) is 0 Å². The van der Waals surface area contributed by atoms with Gasteiger partial charge in [-0.05, 0) is 26.0 Å². The van der Waals surface area contributed by atoms with Crippen LogP contribution in [0.3, 0.4) is 0 Å². The van der Waals surface area contributed by atoms with Crippen molar-refractivity contribution < 1.29 is 4.79 Å². The summed E-state index contributed by atoms with van der Waals surface area (Å²) >= 11 is 0. The first kappa shape index (κ1) is 18.8. The second kappa shape index (κ2) is 8.22. The molecule has 8 nitrogen and oxygen atoms in total. The monoisotopic (exact) mass is 389 g/mol. The first-order valence-electron chi connectivity index (χ1n) is 9.58. The maximum Gasteiger partial charge on any atom is 0.257 e. The Morgan fingerprint density at radius 3 is 2.31 bits per heavy atom. The minimum absolute atomic E-state index is 0.0495. The number of carbonyl (C=O) groups is 1. The molecule has 3 heterocycles. The molecule has 1 aliphatic rings. The molecule has 0 radical (unpaired) electrons. The smallest absolute Gasteiger partial charge is 0.257 e. The van der Waals surface area contributed by atoms with E-state index in [9.17, 15) is 4.79 Å². The molecule has 0 aliphatic carbocycles. The van der Waals surface area contributed by atoms with Crippen molar-refractivity contribution in [1.29, 1.82) is 0 Å². The summed E-state index contributed by atoms with van der Waals surface area (Å²) in [4.78, 5) is 34.1. The summed E-state index contributed by atoms with van der Waals surface area (Å²) < 4.78 is 0. The van der Waals surface area contributed by atoms with Crippen LogP contribution in [-0.2, 0) is 0 Å². The van der Waals surface area contributed by atoms with Gasteiger partial charge in [0, 0.05) is 55.5 Å². The number of piperazine rings is 1. The van der Waals surface area contributed by atoms with E-state index < -0.39 is 0 Å². The molecule has 29 heavy (non-hydrogen) atoms. The van der Waals surface area contributed by atoms with Gasteiger partial charge in [0.1, 0.15) is 12.1 Å². The Kier molecular flexibility index (Phi) is 5.33.